The van der Waals surface area contributed by atoms with Crippen LogP contribution < -0.4 is 15.0 Å². The van der Waals surface area contributed by atoms with Crippen molar-refractivity contribution in [2.45, 2.75) is 45.1 Å². The molecule has 0 bridgehead atoms. The molecule has 1 saturated heterocycles. The Morgan fingerprint density at radius 1 is 1.07 bits per heavy atom. The third kappa shape index (κ3) is 4.38. The number of carbonyl (C=O) groups excluding carboxylic acids is 1. The van der Waals surface area contributed by atoms with Crippen LogP contribution in [-0.4, -0.2) is 35.6 Å². The van der Waals surface area contributed by atoms with Gasteiger partial charge in [0.05, 0.1) is 0 Å². The van der Waals surface area contributed by atoms with Gasteiger partial charge in [-0.25, -0.2) is 4.98 Å². The van der Waals surface area contributed by atoms with Gasteiger partial charge in [0.15, 0.2) is 6.61 Å². The van der Waals surface area contributed by atoms with Crippen LogP contribution in [0.15, 0.2) is 30.6 Å². The molecule has 4 rings (SSSR count). The lowest BCUT2D eigenvalue weighted by atomic mass is 9.95. The van der Waals surface area contributed by atoms with Crippen LogP contribution in [0.2, 0.25) is 0 Å². The SMILES string of the molecule is O=C(COc1ccnc2c1CCCC2)NCc1ccc(N2CCCC2)nc1. The summed E-state index contributed by atoms with van der Waals surface area (Å²) in [6.45, 7) is 2.65. The lowest BCUT2D eigenvalue weighted by molar-refractivity contribution is -0.123. The predicted octanol–water partition coefficient (Wildman–Crippen LogP) is 2.65. The summed E-state index contributed by atoms with van der Waals surface area (Å²) in [5, 5.41) is 2.91. The molecule has 142 valence electrons. The second-order valence-corrected chi connectivity index (χ2v) is 7.23. The number of ether oxygens (including phenoxy) is 1. The highest BCUT2D eigenvalue weighted by atomic mass is 16.5. The number of rotatable bonds is 6. The zero-order valence-electron chi connectivity index (χ0n) is 15.6. The average Bonchev–Trinajstić information content (AvgIpc) is 3.26. The number of aryl methyl sites for hydroxylation is 1. The summed E-state index contributed by atoms with van der Waals surface area (Å²) >= 11 is 0. The van der Waals surface area contributed by atoms with Gasteiger partial charge in [-0.2, -0.15) is 0 Å². The van der Waals surface area contributed by atoms with Crippen molar-refractivity contribution >= 4 is 11.7 Å². The summed E-state index contributed by atoms with van der Waals surface area (Å²) in [5.74, 6) is 1.69. The van der Waals surface area contributed by atoms with Gasteiger partial charge in [-0.1, -0.05) is 6.07 Å². The van der Waals surface area contributed by atoms with E-state index in [-0.39, 0.29) is 12.5 Å². The molecule has 0 spiro atoms. The van der Waals surface area contributed by atoms with Crippen LogP contribution in [0.25, 0.3) is 0 Å². The van der Waals surface area contributed by atoms with Gasteiger partial charge in [0.2, 0.25) is 0 Å². The predicted molar refractivity (Wildman–Crippen MR) is 104 cm³/mol. The molecular weight excluding hydrogens is 340 g/mol. The van der Waals surface area contributed by atoms with Crippen LogP contribution in [0.1, 0.15) is 42.5 Å². The van der Waals surface area contributed by atoms with Gasteiger partial charge >= 0.3 is 0 Å². The van der Waals surface area contributed by atoms with Gasteiger partial charge in [0.25, 0.3) is 5.91 Å². The van der Waals surface area contributed by atoms with E-state index in [0.717, 1.165) is 55.2 Å². The Labute approximate surface area is 160 Å². The summed E-state index contributed by atoms with van der Waals surface area (Å²) in [5.41, 5.74) is 3.27. The van der Waals surface area contributed by atoms with E-state index in [1.54, 1.807) is 6.20 Å². The molecular formula is C21H26N4O2. The first kappa shape index (κ1) is 17.8. The van der Waals surface area contributed by atoms with Crippen molar-refractivity contribution in [2.24, 2.45) is 0 Å². The number of anilines is 1. The number of aromatic nitrogens is 2. The standard InChI is InChI=1S/C21H26N4O2/c26-21(15-27-19-9-10-22-18-6-2-1-5-17(18)19)24-14-16-7-8-20(23-13-16)25-11-3-4-12-25/h7-10,13H,1-6,11-12,14-15H2,(H,24,26). The molecule has 6 heteroatoms. The molecule has 2 aromatic heterocycles. The van der Waals surface area contributed by atoms with Crippen LogP contribution in [-0.2, 0) is 24.2 Å². The third-order valence-corrected chi connectivity index (χ3v) is 5.28. The molecule has 0 saturated carbocycles. The van der Waals surface area contributed by atoms with E-state index in [1.807, 2.05) is 24.4 Å². The van der Waals surface area contributed by atoms with Crippen molar-refractivity contribution < 1.29 is 9.53 Å². The number of fused-ring (bicyclic) bond motifs is 1. The minimum absolute atomic E-state index is 0.0236. The fraction of sp³-hybridized carbons (Fsp3) is 0.476. The molecule has 0 radical (unpaired) electrons. The van der Waals surface area contributed by atoms with Crippen molar-refractivity contribution in [1.82, 2.24) is 15.3 Å². The first-order valence-corrected chi connectivity index (χ1v) is 9.86. The van der Waals surface area contributed by atoms with Crippen LogP contribution in [0.3, 0.4) is 0 Å². The van der Waals surface area contributed by atoms with Crippen LogP contribution in [0.4, 0.5) is 5.82 Å². The quantitative estimate of drug-likeness (QED) is 0.851. The molecule has 6 nitrogen and oxygen atoms in total. The van der Waals surface area contributed by atoms with E-state index in [4.69, 9.17) is 4.74 Å². The first-order valence-electron chi connectivity index (χ1n) is 9.86. The van der Waals surface area contributed by atoms with Crippen molar-refractivity contribution in [3.63, 3.8) is 0 Å². The largest absolute Gasteiger partial charge is 0.483 e. The Balaban J connectivity index is 1.26. The molecule has 27 heavy (non-hydrogen) atoms. The van der Waals surface area contributed by atoms with Gasteiger partial charge in [0, 0.05) is 43.3 Å². The molecule has 1 fully saturated rings. The zero-order valence-corrected chi connectivity index (χ0v) is 15.6. The van der Waals surface area contributed by atoms with Crippen molar-refractivity contribution in [2.75, 3.05) is 24.6 Å². The minimum Gasteiger partial charge on any atom is -0.483 e. The number of nitrogens with one attached hydrogen (secondary N) is 1. The highest BCUT2D eigenvalue weighted by Crippen LogP contribution is 2.27. The second-order valence-electron chi connectivity index (χ2n) is 7.23. The first-order chi connectivity index (χ1) is 13.3. The van der Waals surface area contributed by atoms with Gasteiger partial charge in [0.1, 0.15) is 11.6 Å². The number of amides is 1. The molecule has 2 aromatic rings. The van der Waals surface area contributed by atoms with E-state index in [0.29, 0.717) is 6.54 Å². The molecule has 1 N–H and O–H groups in total. The number of carbonyl (C=O) groups is 1. The summed E-state index contributed by atoms with van der Waals surface area (Å²) in [4.78, 5) is 23.4. The number of nitrogens with zero attached hydrogens (tertiary/aromatic N) is 3. The second kappa shape index (κ2) is 8.37. The molecule has 2 aliphatic rings. The Morgan fingerprint density at radius 3 is 2.74 bits per heavy atom. The van der Waals surface area contributed by atoms with Crippen LogP contribution in [0, 0.1) is 0 Å². The normalized spacial score (nSPS) is 16.1. The lowest BCUT2D eigenvalue weighted by Crippen LogP contribution is -2.28. The van der Waals surface area contributed by atoms with Crippen molar-refractivity contribution in [3.05, 3.63) is 47.4 Å². The topological polar surface area (TPSA) is 67.3 Å². The number of hydrogen-bond donors (Lipinski definition) is 1. The average molecular weight is 366 g/mol. The number of pyridine rings is 2. The molecule has 1 aliphatic heterocycles. The van der Waals surface area contributed by atoms with E-state index < -0.39 is 0 Å². The zero-order chi connectivity index (χ0) is 18.5. The van der Waals surface area contributed by atoms with Crippen LogP contribution in [0.5, 0.6) is 5.75 Å². The molecule has 0 atom stereocenters. The maximum absolute atomic E-state index is 12.2. The molecule has 0 aromatic carbocycles. The smallest absolute Gasteiger partial charge is 0.258 e. The fourth-order valence-corrected chi connectivity index (χ4v) is 3.78. The fourth-order valence-electron chi connectivity index (χ4n) is 3.78. The van der Waals surface area contributed by atoms with E-state index in [9.17, 15) is 4.79 Å². The Kier molecular flexibility index (Phi) is 5.51. The van der Waals surface area contributed by atoms with Gasteiger partial charge < -0.3 is 15.0 Å². The van der Waals surface area contributed by atoms with E-state index in [1.165, 1.54) is 24.8 Å². The third-order valence-electron chi connectivity index (χ3n) is 5.28. The molecule has 3 heterocycles. The van der Waals surface area contributed by atoms with E-state index >= 15 is 0 Å². The monoisotopic (exact) mass is 366 g/mol. The minimum atomic E-state index is -0.125. The highest BCUT2D eigenvalue weighted by molar-refractivity contribution is 5.77. The molecule has 0 unspecified atom stereocenters. The highest BCUT2D eigenvalue weighted by Gasteiger charge is 2.16. The maximum Gasteiger partial charge on any atom is 0.258 e. The lowest BCUT2D eigenvalue weighted by Gasteiger charge is -2.18. The summed E-state index contributed by atoms with van der Waals surface area (Å²) in [7, 11) is 0. The summed E-state index contributed by atoms with van der Waals surface area (Å²) < 4.78 is 5.77. The van der Waals surface area contributed by atoms with Gasteiger partial charge in [-0.15, -0.1) is 0 Å². The summed E-state index contributed by atoms with van der Waals surface area (Å²) in [6, 6.07) is 5.92. The Morgan fingerprint density at radius 2 is 1.93 bits per heavy atom. The maximum atomic E-state index is 12.2. The van der Waals surface area contributed by atoms with Crippen LogP contribution >= 0.6 is 0 Å². The Hall–Kier alpha value is -2.63. The van der Waals surface area contributed by atoms with Gasteiger partial charge in [-0.05, 0) is 56.2 Å². The molecule has 1 amide bonds. The molecule has 1 aliphatic carbocycles. The van der Waals surface area contributed by atoms with E-state index in [2.05, 4.69) is 20.2 Å². The van der Waals surface area contributed by atoms with Gasteiger partial charge in [-0.3, -0.25) is 9.78 Å². The Bertz CT molecular complexity index is 785. The van der Waals surface area contributed by atoms with Crippen molar-refractivity contribution in [1.29, 1.82) is 0 Å². The summed E-state index contributed by atoms with van der Waals surface area (Å²) in [6.07, 6.45) is 10.4. The number of hydrogen-bond acceptors (Lipinski definition) is 5. The van der Waals surface area contributed by atoms with Crippen molar-refractivity contribution in [3.8, 4) is 5.75 Å².